The van der Waals surface area contributed by atoms with Crippen molar-refractivity contribution in [2.24, 2.45) is 11.8 Å². The Bertz CT molecular complexity index is 292. The molecule has 0 N–H and O–H groups in total. The van der Waals surface area contributed by atoms with Gasteiger partial charge in [0.05, 0.1) is 20.1 Å². The molecule has 4 heteroatoms. The van der Waals surface area contributed by atoms with Crippen molar-refractivity contribution in [2.45, 2.75) is 45.6 Å². The topological polar surface area (TPSA) is 26.3 Å². The average Bonchev–Trinajstić information content (AvgIpc) is 2.90. The summed E-state index contributed by atoms with van der Waals surface area (Å²) >= 11 is 0. The van der Waals surface area contributed by atoms with Gasteiger partial charge in [-0.1, -0.05) is 0 Å². The zero-order chi connectivity index (χ0) is 12.5. The second kappa shape index (κ2) is 6.55. The van der Waals surface area contributed by atoms with Gasteiger partial charge in [0, 0.05) is 0 Å². The van der Waals surface area contributed by atoms with Crippen LogP contribution in [-0.2, 0) is 9.53 Å². The Kier molecular flexibility index (Phi) is 5.90. The molecule has 3 atom stereocenters. The first-order chi connectivity index (χ1) is 8.06. The van der Waals surface area contributed by atoms with Gasteiger partial charge in [-0.3, -0.25) is 0 Å². The number of nitrogens with zero attached hydrogens (tertiary/aromatic N) is 1. The Morgan fingerprint density at radius 2 is 1.89 bits per heavy atom. The Labute approximate surface area is 128 Å². The van der Waals surface area contributed by atoms with Crippen molar-refractivity contribution in [3.63, 3.8) is 0 Å². The van der Waals surface area contributed by atoms with Crippen molar-refractivity contribution < 1.29 is 38.0 Å². The van der Waals surface area contributed by atoms with E-state index in [4.69, 9.17) is 4.74 Å². The second-order valence-corrected chi connectivity index (χ2v) is 6.11. The number of hydrogen-bond acceptors (Lipinski definition) is 2. The van der Waals surface area contributed by atoms with Gasteiger partial charge >= 0.3 is 5.97 Å². The van der Waals surface area contributed by atoms with Gasteiger partial charge in [0.2, 0.25) is 0 Å². The molecule has 0 radical (unpaired) electrons. The summed E-state index contributed by atoms with van der Waals surface area (Å²) in [5.41, 5.74) is 0. The number of carbonyl (C=O) groups is 1. The van der Waals surface area contributed by atoms with Crippen molar-refractivity contribution in [3.8, 4) is 0 Å². The van der Waals surface area contributed by atoms with Crippen LogP contribution in [0.15, 0.2) is 0 Å². The zero-order valence-electron chi connectivity index (χ0n) is 11.8. The molecular formula is C14H26INO2. The summed E-state index contributed by atoms with van der Waals surface area (Å²) in [7, 11) is 2.13. The summed E-state index contributed by atoms with van der Waals surface area (Å²) < 4.78 is 6.48. The molecule has 0 amide bonds. The van der Waals surface area contributed by atoms with Crippen molar-refractivity contribution in [1.29, 1.82) is 0 Å². The van der Waals surface area contributed by atoms with Crippen LogP contribution in [0.3, 0.4) is 0 Å². The highest BCUT2D eigenvalue weighted by atomic mass is 127. The number of esters is 1. The fourth-order valence-electron chi connectivity index (χ4n) is 3.30. The minimum Gasteiger partial charge on any atom is -1.00 e. The van der Waals surface area contributed by atoms with Gasteiger partial charge in [0.15, 0.2) is 6.54 Å². The maximum absolute atomic E-state index is 12.0. The van der Waals surface area contributed by atoms with Crippen LogP contribution in [0.2, 0.25) is 0 Å². The summed E-state index contributed by atoms with van der Waals surface area (Å²) in [4.78, 5) is 12.0. The van der Waals surface area contributed by atoms with E-state index < -0.39 is 0 Å². The lowest BCUT2D eigenvalue weighted by atomic mass is 9.98. The molecule has 0 aliphatic heterocycles. The van der Waals surface area contributed by atoms with Gasteiger partial charge in [0.25, 0.3) is 0 Å². The number of fused-ring (bicyclic) bond motifs is 2. The number of carbonyl (C=O) groups excluding carboxylic acids is 1. The van der Waals surface area contributed by atoms with Crippen LogP contribution in [0, 0.1) is 11.8 Å². The van der Waals surface area contributed by atoms with Crippen molar-refractivity contribution in [2.75, 3.05) is 26.7 Å². The highest BCUT2D eigenvalue weighted by molar-refractivity contribution is 5.70. The van der Waals surface area contributed by atoms with E-state index in [2.05, 4.69) is 20.9 Å². The number of halogens is 1. The van der Waals surface area contributed by atoms with Crippen LogP contribution in [0.25, 0.3) is 0 Å². The van der Waals surface area contributed by atoms with E-state index in [-0.39, 0.29) is 36.0 Å². The largest absolute Gasteiger partial charge is 1.00 e. The van der Waals surface area contributed by atoms with E-state index in [1.165, 1.54) is 19.3 Å². The average molecular weight is 367 g/mol. The van der Waals surface area contributed by atoms with Gasteiger partial charge in [-0.2, -0.15) is 0 Å². The SMILES string of the molecule is CC[N+](C)(CC)CC(=O)OC1CC2CCC1C2.[I-]. The van der Waals surface area contributed by atoms with Crippen LogP contribution in [0.1, 0.15) is 39.5 Å². The number of ether oxygens (including phenoxy) is 1. The molecule has 2 bridgehead atoms. The Morgan fingerprint density at radius 1 is 1.22 bits per heavy atom. The second-order valence-electron chi connectivity index (χ2n) is 6.11. The lowest BCUT2D eigenvalue weighted by Crippen LogP contribution is -3.00. The third-order valence-corrected chi connectivity index (χ3v) is 4.99. The maximum atomic E-state index is 12.0. The van der Waals surface area contributed by atoms with Crippen LogP contribution in [0.4, 0.5) is 0 Å². The smallest absolute Gasteiger partial charge is 0.362 e. The minimum absolute atomic E-state index is 0. The summed E-state index contributed by atoms with van der Waals surface area (Å²) in [6.07, 6.45) is 5.29. The molecule has 0 spiro atoms. The predicted octanol–water partition coefficient (Wildman–Crippen LogP) is -0.791. The van der Waals surface area contributed by atoms with Crippen LogP contribution >= 0.6 is 0 Å². The molecule has 0 saturated heterocycles. The molecule has 0 aromatic rings. The fourth-order valence-corrected chi connectivity index (χ4v) is 3.30. The minimum atomic E-state index is 0. The van der Waals surface area contributed by atoms with Gasteiger partial charge < -0.3 is 33.2 Å². The van der Waals surface area contributed by atoms with Gasteiger partial charge in [-0.25, -0.2) is 4.79 Å². The number of hydrogen-bond donors (Lipinski definition) is 0. The fraction of sp³-hybridized carbons (Fsp3) is 0.929. The molecule has 2 aliphatic carbocycles. The quantitative estimate of drug-likeness (QED) is 0.362. The van der Waals surface area contributed by atoms with Crippen molar-refractivity contribution >= 4 is 5.97 Å². The molecule has 0 aromatic heterocycles. The number of rotatable bonds is 5. The van der Waals surface area contributed by atoms with Crippen LogP contribution in [-0.4, -0.2) is 43.2 Å². The molecule has 2 saturated carbocycles. The normalized spacial score (nSPS) is 30.1. The number of quaternary nitrogens is 1. The molecule has 0 heterocycles. The highest BCUT2D eigenvalue weighted by Crippen LogP contribution is 2.45. The first-order valence-corrected chi connectivity index (χ1v) is 7.09. The molecule has 0 aromatic carbocycles. The molecular weight excluding hydrogens is 341 g/mol. The highest BCUT2D eigenvalue weighted by Gasteiger charge is 2.42. The van der Waals surface area contributed by atoms with Crippen LogP contribution in [0.5, 0.6) is 0 Å². The van der Waals surface area contributed by atoms with Crippen molar-refractivity contribution in [1.82, 2.24) is 0 Å². The van der Waals surface area contributed by atoms with E-state index in [0.717, 1.165) is 29.9 Å². The lowest BCUT2D eigenvalue weighted by Gasteiger charge is -2.32. The van der Waals surface area contributed by atoms with E-state index in [0.29, 0.717) is 12.5 Å². The third-order valence-electron chi connectivity index (χ3n) is 4.99. The third kappa shape index (κ3) is 3.59. The molecule has 2 aliphatic rings. The molecule has 3 nitrogen and oxygen atoms in total. The van der Waals surface area contributed by atoms with E-state index in [1.54, 1.807) is 0 Å². The molecule has 18 heavy (non-hydrogen) atoms. The first-order valence-electron chi connectivity index (χ1n) is 7.09. The van der Waals surface area contributed by atoms with E-state index in [9.17, 15) is 4.79 Å². The molecule has 3 unspecified atom stereocenters. The van der Waals surface area contributed by atoms with E-state index in [1.807, 2.05) is 0 Å². The summed E-state index contributed by atoms with van der Waals surface area (Å²) in [6, 6.07) is 0. The number of likely N-dealkylation sites (N-methyl/N-ethyl adjacent to an activating group) is 1. The monoisotopic (exact) mass is 367 g/mol. The predicted molar refractivity (Wildman–Crippen MR) is 67.5 cm³/mol. The summed E-state index contributed by atoms with van der Waals surface area (Å²) in [5.74, 6) is 1.52. The van der Waals surface area contributed by atoms with Gasteiger partial charge in [-0.05, 0) is 51.4 Å². The Balaban J connectivity index is 0.00000162. The van der Waals surface area contributed by atoms with Gasteiger partial charge in [-0.15, -0.1) is 0 Å². The van der Waals surface area contributed by atoms with E-state index >= 15 is 0 Å². The molecule has 2 rings (SSSR count). The molecule has 106 valence electrons. The first kappa shape index (κ1) is 16.2. The summed E-state index contributed by atoms with van der Waals surface area (Å²) in [5, 5.41) is 0. The van der Waals surface area contributed by atoms with Crippen LogP contribution < -0.4 is 24.0 Å². The maximum Gasteiger partial charge on any atom is 0.362 e. The standard InChI is InChI=1S/C14H26NO2.HI/c1-4-15(3,5-2)10-14(16)17-13-9-11-6-7-12(13)8-11;/h11-13H,4-10H2,1-3H3;1H/q+1;/p-1. The Hall–Kier alpha value is 0.160. The van der Waals surface area contributed by atoms with Gasteiger partial charge in [0.1, 0.15) is 6.10 Å². The lowest BCUT2D eigenvalue weighted by molar-refractivity contribution is -0.899. The summed E-state index contributed by atoms with van der Waals surface area (Å²) in [6.45, 7) is 6.77. The molecule has 2 fully saturated rings. The van der Waals surface area contributed by atoms with Crippen molar-refractivity contribution in [3.05, 3.63) is 0 Å². The Morgan fingerprint density at radius 3 is 2.33 bits per heavy atom. The zero-order valence-corrected chi connectivity index (χ0v) is 14.0.